The Kier molecular flexibility index (Phi) is 35.5. The van der Waals surface area contributed by atoms with Crippen LogP contribution in [0, 0.1) is 0 Å². The van der Waals surface area contributed by atoms with E-state index in [0.717, 1.165) is 51.4 Å². The number of unbranched alkanes of at least 4 members (excludes halogenated alkanes) is 24. The van der Waals surface area contributed by atoms with Crippen molar-refractivity contribution in [2.75, 3.05) is 47.5 Å². The highest BCUT2D eigenvalue weighted by molar-refractivity contribution is 7.45. The van der Waals surface area contributed by atoms with Crippen molar-refractivity contribution in [3.63, 3.8) is 0 Å². The number of carbonyl (C=O) groups excluding carboxylic acids is 2. The molecule has 0 rings (SSSR count). The Labute approximate surface area is 326 Å². The van der Waals surface area contributed by atoms with Gasteiger partial charge in [-0.25, -0.2) is 0 Å². The molecule has 0 aromatic rings. The third kappa shape index (κ3) is 40.2. The fourth-order valence-corrected chi connectivity index (χ4v) is 6.79. The lowest BCUT2D eigenvalue weighted by atomic mass is 10.0. The summed E-state index contributed by atoms with van der Waals surface area (Å²) < 4.78 is 33.9. The average molecular weight is 774 g/mol. The van der Waals surface area contributed by atoms with Gasteiger partial charge >= 0.3 is 11.9 Å². The van der Waals surface area contributed by atoms with E-state index in [1.165, 1.54) is 116 Å². The molecule has 0 aliphatic rings. The minimum absolute atomic E-state index is 0.0294. The summed E-state index contributed by atoms with van der Waals surface area (Å²) in [4.78, 5) is 37.5. The number of allylic oxidation sites excluding steroid dienone is 2. The summed E-state index contributed by atoms with van der Waals surface area (Å²) in [6.07, 6.45) is 36.6. The van der Waals surface area contributed by atoms with E-state index in [9.17, 15) is 19.0 Å². The molecule has 0 aliphatic heterocycles. The van der Waals surface area contributed by atoms with Crippen LogP contribution in [0.2, 0.25) is 0 Å². The summed E-state index contributed by atoms with van der Waals surface area (Å²) in [5, 5.41) is 0. The molecule has 53 heavy (non-hydrogen) atoms. The molecule has 0 aromatic carbocycles. The maximum absolute atomic E-state index is 12.6. The first-order valence-corrected chi connectivity index (χ1v) is 23.4. The number of hydrogen-bond acceptors (Lipinski definition) is 8. The maximum Gasteiger partial charge on any atom is 0.306 e. The van der Waals surface area contributed by atoms with Gasteiger partial charge in [0, 0.05) is 12.8 Å². The van der Waals surface area contributed by atoms with Gasteiger partial charge in [-0.05, 0) is 38.5 Å². The number of hydrogen-bond donors (Lipinski definition) is 0. The lowest BCUT2D eigenvalue weighted by Crippen LogP contribution is -2.37. The number of rotatable bonds is 40. The highest BCUT2D eigenvalue weighted by atomic mass is 31.2. The van der Waals surface area contributed by atoms with Crippen molar-refractivity contribution in [3.8, 4) is 0 Å². The van der Waals surface area contributed by atoms with Gasteiger partial charge in [-0.1, -0.05) is 161 Å². The Balaban J connectivity index is 4.33. The van der Waals surface area contributed by atoms with Crippen molar-refractivity contribution in [1.82, 2.24) is 0 Å². The topological polar surface area (TPSA) is 111 Å². The fourth-order valence-electron chi connectivity index (χ4n) is 6.06. The first-order chi connectivity index (χ1) is 25.5. The van der Waals surface area contributed by atoms with Gasteiger partial charge < -0.3 is 27.9 Å². The standard InChI is InChI=1S/C43H84NO8P/c1-6-8-10-12-14-16-18-20-21-22-24-25-27-29-31-33-35-42(45)49-39-41(40-51-53(47,48)50-38-37-44(3,4)5)52-43(46)36-34-32-30-28-26-23-19-17-15-13-11-9-7-2/h17,19,41H,6-16,18,20-40H2,1-5H3/b19-17-/t41-/m1/s1. The molecule has 0 amide bonds. The van der Waals surface area contributed by atoms with Gasteiger partial charge in [-0.2, -0.15) is 0 Å². The van der Waals surface area contributed by atoms with Crippen LogP contribution in [0.4, 0.5) is 0 Å². The van der Waals surface area contributed by atoms with Crippen molar-refractivity contribution in [2.45, 2.75) is 206 Å². The first kappa shape index (κ1) is 51.8. The minimum atomic E-state index is -4.62. The van der Waals surface area contributed by atoms with Crippen LogP contribution in [0.5, 0.6) is 0 Å². The predicted molar refractivity (Wildman–Crippen MR) is 218 cm³/mol. The second-order valence-corrected chi connectivity index (χ2v) is 17.5. The molecule has 0 saturated heterocycles. The van der Waals surface area contributed by atoms with Crippen LogP contribution in [0.15, 0.2) is 12.2 Å². The molecule has 2 atom stereocenters. The number of likely N-dealkylation sites (N-methyl/N-ethyl adjacent to an activating group) is 1. The molecule has 0 fully saturated rings. The Morgan fingerprint density at radius 3 is 1.42 bits per heavy atom. The normalized spacial score (nSPS) is 13.7. The second-order valence-electron chi connectivity index (χ2n) is 16.1. The number of phosphoric ester groups is 1. The molecule has 9 nitrogen and oxygen atoms in total. The monoisotopic (exact) mass is 774 g/mol. The van der Waals surface area contributed by atoms with Crippen LogP contribution in [0.3, 0.4) is 0 Å². The van der Waals surface area contributed by atoms with E-state index in [4.69, 9.17) is 18.5 Å². The zero-order valence-electron chi connectivity index (χ0n) is 35.2. The van der Waals surface area contributed by atoms with Crippen molar-refractivity contribution < 1.29 is 42.1 Å². The Hall–Kier alpha value is -1.25. The smallest absolute Gasteiger partial charge is 0.306 e. The third-order valence-corrected chi connectivity index (χ3v) is 10.5. The summed E-state index contributed by atoms with van der Waals surface area (Å²) >= 11 is 0. The van der Waals surface area contributed by atoms with Crippen molar-refractivity contribution in [2.24, 2.45) is 0 Å². The first-order valence-electron chi connectivity index (χ1n) is 21.9. The number of nitrogens with zero attached hydrogens (tertiary/aromatic N) is 1. The van der Waals surface area contributed by atoms with E-state index >= 15 is 0 Å². The number of esters is 2. The molecule has 10 heteroatoms. The van der Waals surface area contributed by atoms with Crippen LogP contribution in [0.1, 0.15) is 200 Å². The Morgan fingerprint density at radius 2 is 0.962 bits per heavy atom. The molecular weight excluding hydrogens is 689 g/mol. The van der Waals surface area contributed by atoms with Gasteiger partial charge in [0.05, 0.1) is 27.7 Å². The largest absolute Gasteiger partial charge is 0.756 e. The van der Waals surface area contributed by atoms with Crippen LogP contribution in [-0.2, 0) is 32.7 Å². The zero-order valence-corrected chi connectivity index (χ0v) is 36.1. The van der Waals surface area contributed by atoms with Crippen molar-refractivity contribution in [3.05, 3.63) is 12.2 Å². The summed E-state index contributed by atoms with van der Waals surface area (Å²) in [7, 11) is 1.17. The van der Waals surface area contributed by atoms with Crippen LogP contribution >= 0.6 is 7.82 Å². The van der Waals surface area contributed by atoms with Gasteiger partial charge in [0.15, 0.2) is 6.10 Å². The second kappa shape index (κ2) is 36.4. The van der Waals surface area contributed by atoms with E-state index in [2.05, 4.69) is 26.0 Å². The van der Waals surface area contributed by atoms with Crippen LogP contribution in [0.25, 0.3) is 0 Å². The van der Waals surface area contributed by atoms with Gasteiger partial charge in [0.25, 0.3) is 7.82 Å². The molecule has 0 aromatic heterocycles. The predicted octanol–water partition coefficient (Wildman–Crippen LogP) is 11.6. The third-order valence-electron chi connectivity index (χ3n) is 9.54. The SMILES string of the molecule is CCCCCC/C=C\CCCCCCCC(=O)O[C@H](COC(=O)CCCCCCCCCCCCCCCCCC)COP(=O)([O-])OCC[N+](C)(C)C. The molecule has 0 saturated carbocycles. The van der Waals surface area contributed by atoms with Gasteiger partial charge in [0.2, 0.25) is 0 Å². The molecule has 0 radical (unpaired) electrons. The molecule has 314 valence electrons. The number of ether oxygens (including phenoxy) is 2. The van der Waals surface area contributed by atoms with Crippen molar-refractivity contribution >= 4 is 19.8 Å². The number of phosphoric acid groups is 1. The lowest BCUT2D eigenvalue weighted by Gasteiger charge is -2.28. The van der Waals surface area contributed by atoms with E-state index in [1.807, 2.05) is 21.1 Å². The van der Waals surface area contributed by atoms with Crippen LogP contribution in [-0.4, -0.2) is 70.0 Å². The summed E-state index contributed by atoms with van der Waals surface area (Å²) in [5.41, 5.74) is 0. The average Bonchev–Trinajstić information content (AvgIpc) is 3.10. The molecule has 0 heterocycles. The van der Waals surface area contributed by atoms with E-state index in [1.54, 1.807) is 0 Å². The highest BCUT2D eigenvalue weighted by Crippen LogP contribution is 2.38. The molecule has 0 N–H and O–H groups in total. The molecule has 0 spiro atoms. The van der Waals surface area contributed by atoms with Crippen LogP contribution < -0.4 is 4.89 Å². The number of quaternary nitrogens is 1. The van der Waals surface area contributed by atoms with E-state index in [0.29, 0.717) is 17.4 Å². The molecule has 0 aliphatic carbocycles. The molecule has 1 unspecified atom stereocenters. The van der Waals surface area contributed by atoms with Crippen molar-refractivity contribution in [1.29, 1.82) is 0 Å². The summed E-state index contributed by atoms with van der Waals surface area (Å²) in [5.74, 6) is -0.836. The lowest BCUT2D eigenvalue weighted by molar-refractivity contribution is -0.870. The van der Waals surface area contributed by atoms with Gasteiger partial charge in [-0.15, -0.1) is 0 Å². The Bertz CT molecular complexity index is 922. The summed E-state index contributed by atoms with van der Waals surface area (Å²) in [6.45, 7) is 4.22. The fraction of sp³-hybridized carbons (Fsp3) is 0.907. The van der Waals surface area contributed by atoms with Gasteiger partial charge in [0.1, 0.15) is 19.8 Å². The molecule has 0 bridgehead atoms. The summed E-state index contributed by atoms with van der Waals surface area (Å²) in [6, 6.07) is 0. The highest BCUT2D eigenvalue weighted by Gasteiger charge is 2.21. The zero-order chi connectivity index (χ0) is 39.3. The number of carbonyl (C=O) groups is 2. The minimum Gasteiger partial charge on any atom is -0.756 e. The van der Waals surface area contributed by atoms with E-state index in [-0.39, 0.29) is 32.0 Å². The quantitative estimate of drug-likeness (QED) is 0.0199. The Morgan fingerprint density at radius 1 is 0.566 bits per heavy atom. The molecular formula is C43H84NO8P. The maximum atomic E-state index is 12.6. The van der Waals surface area contributed by atoms with Gasteiger partial charge in [-0.3, -0.25) is 14.2 Å². The van der Waals surface area contributed by atoms with E-state index < -0.39 is 26.5 Å².